The molecule has 1 aliphatic carbocycles. The number of carbonyl (C=O) groups excluding carboxylic acids is 1. The lowest BCUT2D eigenvalue weighted by atomic mass is 9.88. The van der Waals surface area contributed by atoms with Crippen LogP contribution in [0.1, 0.15) is 32.1 Å². The fourth-order valence-corrected chi connectivity index (χ4v) is 3.51. The summed E-state index contributed by atoms with van der Waals surface area (Å²) in [6, 6.07) is 0. The number of nitrogens with zero attached hydrogens (tertiary/aromatic N) is 3. The molecule has 1 amide bonds. The van der Waals surface area contributed by atoms with Gasteiger partial charge >= 0.3 is 0 Å². The Balaban J connectivity index is 1.68. The Bertz CT molecular complexity index is 600. The van der Waals surface area contributed by atoms with E-state index in [1.807, 2.05) is 0 Å². The number of rotatable bonds is 2. The Hall–Kier alpha value is -1.86. The number of carbonyl (C=O) groups is 1. The van der Waals surface area contributed by atoms with Crippen LogP contribution in [0.3, 0.4) is 0 Å². The van der Waals surface area contributed by atoms with Crippen molar-refractivity contribution in [2.75, 3.05) is 31.1 Å². The molecule has 2 fully saturated rings. The molecule has 1 aromatic heterocycles. The largest absolute Gasteiger partial charge is 0.363 e. The van der Waals surface area contributed by atoms with Gasteiger partial charge in [-0.15, -0.1) is 0 Å². The van der Waals surface area contributed by atoms with Gasteiger partial charge < -0.3 is 9.80 Å². The molecule has 2 heterocycles. The van der Waals surface area contributed by atoms with Gasteiger partial charge in [0, 0.05) is 32.1 Å². The number of hydrogen-bond acceptors (Lipinski definition) is 3. The van der Waals surface area contributed by atoms with E-state index in [1.165, 1.54) is 4.90 Å². The van der Waals surface area contributed by atoms with Crippen LogP contribution in [0.5, 0.6) is 0 Å². The summed E-state index contributed by atoms with van der Waals surface area (Å²) < 4.78 is 54.1. The van der Waals surface area contributed by atoms with E-state index in [9.17, 15) is 22.4 Å². The SMILES string of the molecule is O=C(C1CCCCC1)N1CCN(c2c(F)c(F)nc(F)c2F)CC1. The molecular weight excluding hydrogens is 326 g/mol. The molecular formula is C16H19F4N3O. The average Bonchev–Trinajstić information content (AvgIpc) is 2.61. The molecule has 0 radical (unpaired) electrons. The minimum Gasteiger partial charge on any atom is -0.363 e. The van der Waals surface area contributed by atoms with Crippen molar-refractivity contribution in [2.24, 2.45) is 5.92 Å². The van der Waals surface area contributed by atoms with Crippen molar-refractivity contribution in [1.29, 1.82) is 0 Å². The van der Waals surface area contributed by atoms with Gasteiger partial charge in [-0.25, -0.2) is 0 Å². The second-order valence-electron chi connectivity index (χ2n) is 6.32. The van der Waals surface area contributed by atoms with Crippen LogP contribution in [0, 0.1) is 29.4 Å². The van der Waals surface area contributed by atoms with Crippen molar-refractivity contribution >= 4 is 11.6 Å². The van der Waals surface area contributed by atoms with Crippen molar-refractivity contribution in [3.05, 3.63) is 23.5 Å². The second-order valence-corrected chi connectivity index (χ2v) is 6.32. The lowest BCUT2D eigenvalue weighted by Crippen LogP contribution is -2.51. The lowest BCUT2D eigenvalue weighted by Gasteiger charge is -2.38. The summed E-state index contributed by atoms with van der Waals surface area (Å²) in [6.45, 7) is 0.796. The topological polar surface area (TPSA) is 36.4 Å². The van der Waals surface area contributed by atoms with Crippen LogP contribution >= 0.6 is 0 Å². The highest BCUT2D eigenvalue weighted by Gasteiger charge is 2.31. The molecule has 24 heavy (non-hydrogen) atoms. The number of halogens is 4. The summed E-state index contributed by atoms with van der Waals surface area (Å²) in [4.78, 5) is 17.9. The molecule has 0 unspecified atom stereocenters. The molecule has 1 saturated carbocycles. The zero-order chi connectivity index (χ0) is 17.3. The number of aromatic nitrogens is 1. The summed E-state index contributed by atoms with van der Waals surface area (Å²) in [5.41, 5.74) is -0.746. The number of piperazine rings is 1. The Morgan fingerprint density at radius 1 is 0.875 bits per heavy atom. The van der Waals surface area contributed by atoms with Crippen LogP contribution in [-0.4, -0.2) is 42.0 Å². The van der Waals surface area contributed by atoms with Crippen LogP contribution in [0.15, 0.2) is 0 Å². The van der Waals surface area contributed by atoms with Crippen molar-refractivity contribution in [1.82, 2.24) is 9.88 Å². The number of pyridine rings is 1. The van der Waals surface area contributed by atoms with E-state index in [-0.39, 0.29) is 38.0 Å². The van der Waals surface area contributed by atoms with Crippen LogP contribution in [0.2, 0.25) is 0 Å². The molecule has 4 nitrogen and oxygen atoms in total. The predicted octanol–water partition coefficient (Wildman–Crippen LogP) is 2.87. The molecule has 1 aromatic rings. The monoisotopic (exact) mass is 345 g/mol. The van der Waals surface area contributed by atoms with Crippen molar-refractivity contribution in [3.63, 3.8) is 0 Å². The fraction of sp³-hybridized carbons (Fsp3) is 0.625. The van der Waals surface area contributed by atoms with E-state index in [1.54, 1.807) is 4.90 Å². The van der Waals surface area contributed by atoms with Crippen LogP contribution in [0.25, 0.3) is 0 Å². The van der Waals surface area contributed by atoms with E-state index in [0.717, 1.165) is 32.1 Å². The molecule has 1 aliphatic heterocycles. The normalized spacial score (nSPS) is 19.7. The maximum atomic E-state index is 13.8. The summed E-state index contributed by atoms with van der Waals surface area (Å²) in [5, 5.41) is 0. The molecule has 2 aliphatic rings. The Labute approximate surface area is 137 Å². The number of anilines is 1. The smallest absolute Gasteiger partial charge is 0.253 e. The zero-order valence-electron chi connectivity index (χ0n) is 13.2. The highest BCUT2D eigenvalue weighted by Crippen LogP contribution is 2.29. The van der Waals surface area contributed by atoms with Gasteiger partial charge in [0.25, 0.3) is 11.9 Å². The van der Waals surface area contributed by atoms with Crippen LogP contribution in [-0.2, 0) is 4.79 Å². The minimum atomic E-state index is -1.66. The summed E-state index contributed by atoms with van der Waals surface area (Å²) >= 11 is 0. The Morgan fingerprint density at radius 3 is 1.96 bits per heavy atom. The fourth-order valence-electron chi connectivity index (χ4n) is 3.51. The molecule has 0 atom stereocenters. The van der Waals surface area contributed by atoms with Gasteiger partial charge in [-0.1, -0.05) is 19.3 Å². The maximum Gasteiger partial charge on any atom is 0.253 e. The van der Waals surface area contributed by atoms with Gasteiger partial charge in [0.15, 0.2) is 0 Å². The third-order valence-corrected chi connectivity index (χ3v) is 4.84. The van der Waals surface area contributed by atoms with Crippen molar-refractivity contribution < 1.29 is 22.4 Å². The molecule has 132 valence electrons. The van der Waals surface area contributed by atoms with Gasteiger partial charge in [-0.05, 0) is 12.8 Å². The molecule has 8 heteroatoms. The van der Waals surface area contributed by atoms with Crippen molar-refractivity contribution in [3.8, 4) is 0 Å². The summed E-state index contributed by atoms with van der Waals surface area (Å²) in [7, 11) is 0. The highest BCUT2D eigenvalue weighted by atomic mass is 19.2. The number of hydrogen-bond donors (Lipinski definition) is 0. The van der Waals surface area contributed by atoms with Crippen LogP contribution in [0.4, 0.5) is 23.2 Å². The summed E-state index contributed by atoms with van der Waals surface area (Å²) in [5.74, 6) is -6.23. The standard InChI is InChI=1S/C16H19F4N3O/c17-11-13(12(18)15(20)21-14(11)19)22-6-8-23(9-7-22)16(24)10-4-2-1-3-5-10/h10H,1-9H2. The molecule has 3 rings (SSSR count). The molecule has 0 N–H and O–H groups in total. The van der Waals surface area contributed by atoms with Gasteiger partial charge in [-0.3, -0.25) is 4.79 Å². The first-order valence-electron chi connectivity index (χ1n) is 8.22. The third kappa shape index (κ3) is 3.18. The van der Waals surface area contributed by atoms with E-state index in [4.69, 9.17) is 0 Å². The van der Waals surface area contributed by atoms with E-state index in [2.05, 4.69) is 4.98 Å². The minimum absolute atomic E-state index is 0.0228. The maximum absolute atomic E-state index is 13.8. The Morgan fingerprint density at radius 2 is 1.42 bits per heavy atom. The molecule has 1 saturated heterocycles. The molecule has 0 spiro atoms. The first kappa shape index (κ1) is 17.0. The van der Waals surface area contributed by atoms with Gasteiger partial charge in [0.05, 0.1) is 0 Å². The lowest BCUT2D eigenvalue weighted by molar-refractivity contribution is -0.136. The van der Waals surface area contributed by atoms with E-state index < -0.39 is 29.2 Å². The van der Waals surface area contributed by atoms with Crippen molar-refractivity contribution in [2.45, 2.75) is 32.1 Å². The van der Waals surface area contributed by atoms with Gasteiger partial charge in [-0.2, -0.15) is 22.5 Å². The van der Waals surface area contributed by atoms with Gasteiger partial charge in [0.1, 0.15) is 5.69 Å². The zero-order valence-corrected chi connectivity index (χ0v) is 13.2. The third-order valence-electron chi connectivity index (χ3n) is 4.84. The van der Waals surface area contributed by atoms with Gasteiger partial charge in [0.2, 0.25) is 17.5 Å². The predicted molar refractivity (Wildman–Crippen MR) is 79.4 cm³/mol. The Kier molecular flexibility index (Phi) is 4.91. The van der Waals surface area contributed by atoms with E-state index >= 15 is 0 Å². The second kappa shape index (κ2) is 6.94. The van der Waals surface area contributed by atoms with Crippen LogP contribution < -0.4 is 4.90 Å². The quantitative estimate of drug-likeness (QED) is 0.611. The molecule has 0 bridgehead atoms. The van der Waals surface area contributed by atoms with E-state index in [0.29, 0.717) is 0 Å². The first-order chi connectivity index (χ1) is 11.5. The molecule has 0 aromatic carbocycles. The summed E-state index contributed by atoms with van der Waals surface area (Å²) in [6.07, 6.45) is 4.99. The highest BCUT2D eigenvalue weighted by molar-refractivity contribution is 5.79. The number of amides is 1. The average molecular weight is 345 g/mol. The first-order valence-corrected chi connectivity index (χ1v) is 8.22.